The standard InChI is InChI=1S/C15H18N2O3S2/c18-8-14-17-13(11-22-14)10-21-7-6-16-15(19)20-9-12-4-2-1-3-5-12/h1-5,11,18H,6-10H2,(H,16,19). The van der Waals surface area contributed by atoms with Gasteiger partial charge in [-0.25, -0.2) is 9.78 Å². The number of thioether (sulfide) groups is 1. The summed E-state index contributed by atoms with van der Waals surface area (Å²) >= 11 is 3.14. The van der Waals surface area contributed by atoms with Gasteiger partial charge >= 0.3 is 6.09 Å². The molecule has 118 valence electrons. The van der Waals surface area contributed by atoms with E-state index in [1.54, 1.807) is 11.8 Å². The number of benzene rings is 1. The van der Waals surface area contributed by atoms with Gasteiger partial charge in [0.25, 0.3) is 0 Å². The minimum atomic E-state index is -0.402. The Labute approximate surface area is 137 Å². The van der Waals surface area contributed by atoms with E-state index in [0.717, 1.165) is 27.8 Å². The lowest BCUT2D eigenvalue weighted by atomic mass is 10.2. The molecule has 0 aliphatic heterocycles. The highest BCUT2D eigenvalue weighted by atomic mass is 32.2. The fraction of sp³-hybridized carbons (Fsp3) is 0.333. The zero-order chi connectivity index (χ0) is 15.6. The van der Waals surface area contributed by atoms with E-state index in [2.05, 4.69) is 10.3 Å². The fourth-order valence-electron chi connectivity index (χ4n) is 1.66. The summed E-state index contributed by atoms with van der Waals surface area (Å²) in [7, 11) is 0. The Balaban J connectivity index is 1.53. The number of hydrogen-bond donors (Lipinski definition) is 2. The van der Waals surface area contributed by atoms with Crippen LogP contribution in [0.5, 0.6) is 0 Å². The van der Waals surface area contributed by atoms with E-state index in [9.17, 15) is 4.79 Å². The third-order valence-electron chi connectivity index (χ3n) is 2.71. The summed E-state index contributed by atoms with van der Waals surface area (Å²) in [4.78, 5) is 15.8. The van der Waals surface area contributed by atoms with Crippen LogP contribution in [0.2, 0.25) is 0 Å². The van der Waals surface area contributed by atoms with Gasteiger partial charge in [-0.3, -0.25) is 0 Å². The average Bonchev–Trinajstić information content (AvgIpc) is 3.01. The number of ether oxygens (including phenoxy) is 1. The van der Waals surface area contributed by atoms with E-state index in [1.165, 1.54) is 11.3 Å². The number of thiazole rings is 1. The Morgan fingerprint density at radius 2 is 2.18 bits per heavy atom. The van der Waals surface area contributed by atoms with Crippen LogP contribution in [0.25, 0.3) is 0 Å². The van der Waals surface area contributed by atoms with Crippen LogP contribution in [0.15, 0.2) is 35.7 Å². The first-order valence-electron chi connectivity index (χ1n) is 6.84. The van der Waals surface area contributed by atoms with Crippen molar-refractivity contribution < 1.29 is 14.6 Å². The zero-order valence-corrected chi connectivity index (χ0v) is 13.7. The quantitative estimate of drug-likeness (QED) is 0.724. The summed E-state index contributed by atoms with van der Waals surface area (Å²) in [5.41, 5.74) is 1.93. The summed E-state index contributed by atoms with van der Waals surface area (Å²) in [6.07, 6.45) is -0.402. The molecule has 7 heteroatoms. The van der Waals surface area contributed by atoms with E-state index in [-0.39, 0.29) is 13.2 Å². The van der Waals surface area contributed by atoms with Crippen molar-refractivity contribution in [2.24, 2.45) is 0 Å². The highest BCUT2D eigenvalue weighted by molar-refractivity contribution is 7.98. The van der Waals surface area contributed by atoms with Gasteiger partial charge in [-0.2, -0.15) is 11.8 Å². The lowest BCUT2D eigenvalue weighted by Crippen LogP contribution is -2.26. The second kappa shape index (κ2) is 9.45. The van der Waals surface area contributed by atoms with Crippen LogP contribution >= 0.6 is 23.1 Å². The monoisotopic (exact) mass is 338 g/mol. The normalized spacial score (nSPS) is 10.4. The number of aliphatic hydroxyl groups excluding tert-OH is 1. The maximum atomic E-state index is 11.5. The Morgan fingerprint density at radius 1 is 1.36 bits per heavy atom. The summed E-state index contributed by atoms with van der Waals surface area (Å²) in [6.45, 7) is 0.821. The van der Waals surface area contributed by atoms with E-state index < -0.39 is 6.09 Å². The molecule has 2 N–H and O–H groups in total. The van der Waals surface area contributed by atoms with Crippen molar-refractivity contribution in [3.05, 3.63) is 52.0 Å². The van der Waals surface area contributed by atoms with Gasteiger partial charge in [-0.1, -0.05) is 30.3 Å². The number of alkyl carbamates (subject to hydrolysis) is 1. The van der Waals surface area contributed by atoms with Gasteiger partial charge in [0.2, 0.25) is 0 Å². The van der Waals surface area contributed by atoms with Gasteiger partial charge in [0, 0.05) is 23.4 Å². The predicted octanol–water partition coefficient (Wildman–Crippen LogP) is 2.80. The molecule has 0 radical (unpaired) electrons. The maximum Gasteiger partial charge on any atom is 0.407 e. The van der Waals surface area contributed by atoms with E-state index in [0.29, 0.717) is 6.54 Å². The van der Waals surface area contributed by atoms with Crippen molar-refractivity contribution in [2.45, 2.75) is 19.0 Å². The molecule has 0 spiro atoms. The molecule has 0 fully saturated rings. The van der Waals surface area contributed by atoms with Crippen molar-refractivity contribution in [1.82, 2.24) is 10.3 Å². The van der Waals surface area contributed by atoms with Crippen LogP contribution in [0.3, 0.4) is 0 Å². The number of nitrogens with zero attached hydrogens (tertiary/aromatic N) is 1. The first kappa shape index (κ1) is 16.8. The minimum absolute atomic E-state index is 0.00978. The largest absolute Gasteiger partial charge is 0.445 e. The molecule has 0 bridgehead atoms. The molecular weight excluding hydrogens is 320 g/mol. The van der Waals surface area contributed by atoms with Crippen LogP contribution in [-0.4, -0.2) is 28.5 Å². The maximum absolute atomic E-state index is 11.5. The van der Waals surface area contributed by atoms with Gasteiger partial charge in [0.1, 0.15) is 11.6 Å². The highest BCUT2D eigenvalue weighted by Crippen LogP contribution is 2.15. The molecule has 0 unspecified atom stereocenters. The summed E-state index contributed by atoms with van der Waals surface area (Å²) in [5.74, 6) is 1.56. The molecule has 2 rings (SSSR count). The molecule has 0 saturated carbocycles. The first-order chi connectivity index (χ1) is 10.8. The predicted molar refractivity (Wildman–Crippen MR) is 88.8 cm³/mol. The summed E-state index contributed by atoms with van der Waals surface area (Å²) in [6, 6.07) is 9.57. The number of amides is 1. The average molecular weight is 338 g/mol. The topological polar surface area (TPSA) is 71.5 Å². The van der Waals surface area contributed by atoms with Crippen LogP contribution in [0.4, 0.5) is 4.79 Å². The molecule has 0 saturated heterocycles. The smallest absolute Gasteiger partial charge is 0.407 e. The third kappa shape index (κ3) is 6.05. The molecule has 0 aliphatic carbocycles. The lowest BCUT2D eigenvalue weighted by Gasteiger charge is -2.06. The first-order valence-corrected chi connectivity index (χ1v) is 8.88. The van der Waals surface area contributed by atoms with Gasteiger partial charge < -0.3 is 15.2 Å². The number of carbonyl (C=O) groups excluding carboxylic acids is 1. The molecule has 1 aromatic heterocycles. The molecule has 5 nitrogen and oxygen atoms in total. The van der Waals surface area contributed by atoms with Crippen LogP contribution in [-0.2, 0) is 23.7 Å². The molecule has 0 aliphatic rings. The Kier molecular flexibility index (Phi) is 7.21. The lowest BCUT2D eigenvalue weighted by molar-refractivity contribution is 0.140. The van der Waals surface area contributed by atoms with Crippen LogP contribution in [0, 0.1) is 0 Å². The van der Waals surface area contributed by atoms with Gasteiger partial charge in [-0.15, -0.1) is 11.3 Å². The second-order valence-corrected chi connectivity index (χ2v) is 6.48. The molecule has 1 heterocycles. The van der Waals surface area contributed by atoms with E-state index in [4.69, 9.17) is 9.84 Å². The second-order valence-electron chi connectivity index (χ2n) is 4.43. The number of aromatic nitrogens is 1. The van der Waals surface area contributed by atoms with E-state index in [1.807, 2.05) is 35.7 Å². The molecular formula is C15H18N2O3S2. The Hall–Kier alpha value is -1.57. The SMILES string of the molecule is O=C(NCCSCc1csc(CO)n1)OCc1ccccc1. The van der Waals surface area contributed by atoms with Crippen molar-refractivity contribution >= 4 is 29.2 Å². The number of rotatable bonds is 8. The van der Waals surface area contributed by atoms with Crippen LogP contribution < -0.4 is 5.32 Å². The molecule has 0 atom stereocenters. The van der Waals surface area contributed by atoms with Crippen molar-refractivity contribution in [3.63, 3.8) is 0 Å². The van der Waals surface area contributed by atoms with Crippen molar-refractivity contribution in [3.8, 4) is 0 Å². The van der Waals surface area contributed by atoms with Crippen LogP contribution in [0.1, 0.15) is 16.3 Å². The molecule has 1 aromatic carbocycles. The molecule has 22 heavy (non-hydrogen) atoms. The molecule has 1 amide bonds. The zero-order valence-electron chi connectivity index (χ0n) is 12.0. The number of carbonyl (C=O) groups is 1. The molecule has 2 aromatic rings. The third-order valence-corrected chi connectivity index (χ3v) is 4.59. The number of aliphatic hydroxyl groups is 1. The van der Waals surface area contributed by atoms with Gasteiger partial charge in [0.05, 0.1) is 12.3 Å². The fourth-order valence-corrected chi connectivity index (χ4v) is 3.17. The Bertz CT molecular complexity index is 575. The highest BCUT2D eigenvalue weighted by Gasteiger charge is 2.03. The van der Waals surface area contributed by atoms with Gasteiger partial charge in [-0.05, 0) is 5.56 Å². The Morgan fingerprint density at radius 3 is 2.91 bits per heavy atom. The van der Waals surface area contributed by atoms with Crippen molar-refractivity contribution in [2.75, 3.05) is 12.3 Å². The van der Waals surface area contributed by atoms with Gasteiger partial charge in [0.15, 0.2) is 0 Å². The van der Waals surface area contributed by atoms with E-state index >= 15 is 0 Å². The van der Waals surface area contributed by atoms with Crippen molar-refractivity contribution in [1.29, 1.82) is 0 Å². The summed E-state index contributed by atoms with van der Waals surface area (Å²) < 4.78 is 5.11. The minimum Gasteiger partial charge on any atom is -0.445 e. The number of hydrogen-bond acceptors (Lipinski definition) is 6. The summed E-state index contributed by atoms with van der Waals surface area (Å²) in [5, 5.41) is 14.3. The number of nitrogens with one attached hydrogen (secondary N) is 1.